The molecule has 33 heavy (non-hydrogen) atoms. The van der Waals surface area contributed by atoms with Crippen LogP contribution < -0.4 is 19.7 Å². The zero-order chi connectivity index (χ0) is 23.8. The highest BCUT2D eigenvalue weighted by molar-refractivity contribution is 6.04. The lowest BCUT2D eigenvalue weighted by Crippen LogP contribution is -2.41. The largest absolute Gasteiger partial charge is 0.490 e. The third-order valence-electron chi connectivity index (χ3n) is 4.72. The maximum Gasteiger partial charge on any atom is 0.300 e. The van der Waals surface area contributed by atoms with Gasteiger partial charge in [0.05, 0.1) is 17.9 Å². The molecule has 0 aromatic heterocycles. The van der Waals surface area contributed by atoms with E-state index >= 15 is 0 Å². The Morgan fingerprint density at radius 1 is 1.09 bits per heavy atom. The van der Waals surface area contributed by atoms with Crippen LogP contribution in [0.4, 0.5) is 15.8 Å². The highest BCUT2D eigenvalue weighted by atomic mass is 19.1. The van der Waals surface area contributed by atoms with Gasteiger partial charge in [0.15, 0.2) is 0 Å². The quantitative estimate of drug-likeness (QED) is 0.595. The van der Waals surface area contributed by atoms with E-state index in [0.717, 1.165) is 24.9 Å². The smallest absolute Gasteiger partial charge is 0.300 e. The molecule has 1 atom stereocenters. The van der Waals surface area contributed by atoms with E-state index in [9.17, 15) is 9.18 Å². The van der Waals surface area contributed by atoms with Crippen LogP contribution in [0.2, 0.25) is 0 Å². The van der Waals surface area contributed by atoms with Gasteiger partial charge in [-0.05, 0) is 48.5 Å². The number of halogens is 1. The Bertz CT molecular complexity index is 1100. The van der Waals surface area contributed by atoms with E-state index in [1.54, 1.807) is 36.4 Å². The fraction of sp³-hybridized carbons (Fsp3) is 0.200. The van der Waals surface area contributed by atoms with Gasteiger partial charge in [0.1, 0.15) is 30.0 Å². The summed E-state index contributed by atoms with van der Waals surface area (Å²) >= 11 is 0. The third kappa shape index (κ3) is 6.70. The van der Waals surface area contributed by atoms with Crippen molar-refractivity contribution < 1.29 is 28.6 Å². The Morgan fingerprint density at radius 3 is 2.42 bits per heavy atom. The number of nitrogens with one attached hydrogen (secondary N) is 1. The van der Waals surface area contributed by atoms with Crippen LogP contribution in [0.15, 0.2) is 72.8 Å². The van der Waals surface area contributed by atoms with Crippen molar-refractivity contribution in [3.05, 3.63) is 84.2 Å². The van der Waals surface area contributed by atoms with E-state index < -0.39 is 11.8 Å². The van der Waals surface area contributed by atoms with Crippen molar-refractivity contribution >= 4 is 23.3 Å². The van der Waals surface area contributed by atoms with Gasteiger partial charge in [-0.3, -0.25) is 9.59 Å². The molecule has 0 fully saturated rings. The van der Waals surface area contributed by atoms with Crippen molar-refractivity contribution in [2.45, 2.75) is 13.0 Å². The SMILES string of the molecule is CC(=O)O.CN1C[C@@H](COc2ccc(C(=O)Nc3ccccc3F)cc2)Oc2ccccc21. The summed E-state index contributed by atoms with van der Waals surface area (Å²) in [5.41, 5.74) is 1.63. The van der Waals surface area contributed by atoms with E-state index in [-0.39, 0.29) is 17.7 Å². The van der Waals surface area contributed by atoms with Gasteiger partial charge in [-0.2, -0.15) is 0 Å². The Labute approximate surface area is 191 Å². The molecule has 4 rings (SSSR count). The average Bonchev–Trinajstić information content (AvgIpc) is 2.79. The summed E-state index contributed by atoms with van der Waals surface area (Å²) in [6.07, 6.45) is -0.0982. The molecule has 0 bridgehead atoms. The minimum absolute atomic E-state index is 0.0982. The molecule has 1 heterocycles. The van der Waals surface area contributed by atoms with Crippen molar-refractivity contribution in [3.8, 4) is 11.5 Å². The molecule has 0 spiro atoms. The molecule has 3 aromatic rings. The first-order valence-electron chi connectivity index (χ1n) is 10.3. The average molecular weight is 452 g/mol. The van der Waals surface area contributed by atoms with E-state index in [4.69, 9.17) is 19.4 Å². The number of ether oxygens (including phenoxy) is 2. The zero-order valence-electron chi connectivity index (χ0n) is 18.3. The topological polar surface area (TPSA) is 88.1 Å². The highest BCUT2D eigenvalue weighted by Crippen LogP contribution is 2.32. The van der Waals surface area contributed by atoms with E-state index in [1.807, 2.05) is 31.3 Å². The second kappa shape index (κ2) is 11.0. The van der Waals surface area contributed by atoms with Gasteiger partial charge in [-0.1, -0.05) is 24.3 Å². The fourth-order valence-corrected chi connectivity index (χ4v) is 3.23. The minimum atomic E-state index is -0.833. The molecule has 172 valence electrons. The summed E-state index contributed by atoms with van der Waals surface area (Å²) in [5, 5.41) is 9.98. The van der Waals surface area contributed by atoms with Crippen LogP contribution in [0.25, 0.3) is 0 Å². The molecule has 7 nitrogen and oxygen atoms in total. The number of carbonyl (C=O) groups is 2. The summed E-state index contributed by atoms with van der Waals surface area (Å²) in [5.74, 6) is -0.206. The maximum atomic E-state index is 13.7. The number of likely N-dealkylation sites (N-methyl/N-ethyl adjacent to an activating group) is 1. The van der Waals surface area contributed by atoms with Crippen LogP contribution in [0.5, 0.6) is 11.5 Å². The molecule has 2 N–H and O–H groups in total. The monoisotopic (exact) mass is 452 g/mol. The Morgan fingerprint density at radius 2 is 1.73 bits per heavy atom. The van der Waals surface area contributed by atoms with Crippen LogP contribution >= 0.6 is 0 Å². The molecule has 1 aliphatic heterocycles. The van der Waals surface area contributed by atoms with E-state index in [0.29, 0.717) is 17.9 Å². The molecule has 0 aliphatic carbocycles. The summed E-state index contributed by atoms with van der Waals surface area (Å²) in [6, 6.07) is 20.7. The van der Waals surface area contributed by atoms with Crippen molar-refractivity contribution in [1.29, 1.82) is 0 Å². The zero-order valence-corrected chi connectivity index (χ0v) is 18.3. The van der Waals surface area contributed by atoms with Crippen LogP contribution in [0.3, 0.4) is 0 Å². The van der Waals surface area contributed by atoms with Gasteiger partial charge in [0.2, 0.25) is 0 Å². The summed E-state index contributed by atoms with van der Waals surface area (Å²) in [6.45, 7) is 2.19. The molecular weight excluding hydrogens is 427 g/mol. The first-order valence-corrected chi connectivity index (χ1v) is 10.3. The van der Waals surface area contributed by atoms with Gasteiger partial charge in [-0.15, -0.1) is 0 Å². The number of carbonyl (C=O) groups excluding carboxylic acids is 1. The van der Waals surface area contributed by atoms with Gasteiger partial charge in [0, 0.05) is 19.5 Å². The molecule has 0 unspecified atom stereocenters. The number of anilines is 2. The second-order valence-electron chi connectivity index (χ2n) is 7.38. The molecular formula is C25H25FN2O5. The number of hydrogen-bond acceptors (Lipinski definition) is 5. The predicted molar refractivity (Wildman–Crippen MR) is 124 cm³/mol. The number of carboxylic acids is 1. The van der Waals surface area contributed by atoms with Gasteiger partial charge in [0.25, 0.3) is 11.9 Å². The number of aliphatic carboxylic acids is 1. The number of carboxylic acid groups (broad SMARTS) is 1. The Kier molecular flexibility index (Phi) is 7.86. The Hall–Kier alpha value is -4.07. The summed E-state index contributed by atoms with van der Waals surface area (Å²) < 4.78 is 25.5. The first kappa shape index (κ1) is 23.6. The minimum Gasteiger partial charge on any atom is -0.490 e. The van der Waals surface area contributed by atoms with Crippen molar-refractivity contribution in [2.24, 2.45) is 0 Å². The van der Waals surface area contributed by atoms with Crippen LogP contribution in [0, 0.1) is 5.82 Å². The lowest BCUT2D eigenvalue weighted by atomic mass is 10.2. The summed E-state index contributed by atoms with van der Waals surface area (Å²) in [7, 11) is 2.03. The number of rotatable bonds is 5. The number of amides is 1. The molecule has 8 heteroatoms. The molecule has 0 radical (unpaired) electrons. The lowest BCUT2D eigenvalue weighted by Gasteiger charge is -2.33. The summed E-state index contributed by atoms with van der Waals surface area (Å²) in [4.78, 5) is 23.4. The number of nitrogens with zero attached hydrogens (tertiary/aromatic N) is 1. The number of hydrogen-bond donors (Lipinski definition) is 2. The number of para-hydroxylation sites is 3. The van der Waals surface area contributed by atoms with Gasteiger partial charge in [-0.25, -0.2) is 4.39 Å². The van der Waals surface area contributed by atoms with Crippen molar-refractivity contribution in [2.75, 3.05) is 30.4 Å². The third-order valence-corrected chi connectivity index (χ3v) is 4.72. The number of fused-ring (bicyclic) bond motifs is 1. The van der Waals surface area contributed by atoms with Crippen molar-refractivity contribution in [1.82, 2.24) is 0 Å². The molecule has 0 saturated carbocycles. The second-order valence-corrected chi connectivity index (χ2v) is 7.38. The molecule has 1 aliphatic rings. The van der Waals surface area contributed by atoms with Crippen LogP contribution in [0.1, 0.15) is 17.3 Å². The van der Waals surface area contributed by atoms with Crippen LogP contribution in [-0.4, -0.2) is 43.3 Å². The highest BCUT2D eigenvalue weighted by Gasteiger charge is 2.23. The lowest BCUT2D eigenvalue weighted by molar-refractivity contribution is -0.134. The van der Waals surface area contributed by atoms with E-state index in [2.05, 4.69) is 10.2 Å². The molecule has 3 aromatic carbocycles. The predicted octanol–water partition coefficient (Wildman–Crippen LogP) is 4.45. The van der Waals surface area contributed by atoms with E-state index in [1.165, 1.54) is 12.1 Å². The fourth-order valence-electron chi connectivity index (χ4n) is 3.23. The molecule has 0 saturated heterocycles. The van der Waals surface area contributed by atoms with Crippen molar-refractivity contribution in [3.63, 3.8) is 0 Å². The Balaban J connectivity index is 0.000000709. The van der Waals surface area contributed by atoms with Crippen LogP contribution in [-0.2, 0) is 4.79 Å². The standard InChI is InChI=1S/C23H21FN2O3.C2H4O2/c1-26-14-18(29-22-9-5-4-8-21(22)26)15-28-17-12-10-16(11-13-17)23(27)25-20-7-3-2-6-19(20)24;1-2(3)4/h2-13,18H,14-15H2,1H3,(H,25,27);1H3,(H,3,4)/t18-;/m0./s1. The van der Waals surface area contributed by atoms with Gasteiger partial charge < -0.3 is 24.8 Å². The first-order chi connectivity index (χ1) is 15.8. The van der Waals surface area contributed by atoms with Gasteiger partial charge >= 0.3 is 0 Å². The maximum absolute atomic E-state index is 13.7. The normalized spacial score (nSPS) is 14.2. The number of benzene rings is 3. The molecule has 1 amide bonds.